The van der Waals surface area contributed by atoms with Crippen molar-refractivity contribution in [3.63, 3.8) is 0 Å². The summed E-state index contributed by atoms with van der Waals surface area (Å²) in [7, 11) is 3.43. The molecule has 26 heavy (non-hydrogen) atoms. The largest absolute Gasteiger partial charge is 0.497 e. The average Bonchev–Trinajstić information content (AvgIpc) is 3.02. The zero-order chi connectivity index (χ0) is 18.1. The second kappa shape index (κ2) is 11.1. The van der Waals surface area contributed by atoms with E-state index < -0.39 is 0 Å². The van der Waals surface area contributed by atoms with Crippen molar-refractivity contribution in [3.05, 3.63) is 36.7 Å². The summed E-state index contributed by atoms with van der Waals surface area (Å²) in [6.07, 6.45) is 4.35. The van der Waals surface area contributed by atoms with Gasteiger partial charge in [0.15, 0.2) is 0 Å². The number of hydrogen-bond acceptors (Lipinski definition) is 5. The number of halogens is 1. The molecule has 0 bridgehead atoms. The fourth-order valence-corrected chi connectivity index (χ4v) is 2.19. The van der Waals surface area contributed by atoms with E-state index in [-0.39, 0.29) is 30.8 Å². The first kappa shape index (κ1) is 21.5. The number of nitrogens with zero attached hydrogens (tertiary/aromatic N) is 2. The summed E-state index contributed by atoms with van der Waals surface area (Å²) < 4.78 is 6.54. The number of carbonyl (C=O) groups is 2. The Morgan fingerprint density at radius 1 is 1.12 bits per heavy atom. The van der Waals surface area contributed by atoms with Crippen molar-refractivity contribution < 1.29 is 14.3 Å². The molecule has 0 atom stereocenters. The first-order valence-corrected chi connectivity index (χ1v) is 8.01. The van der Waals surface area contributed by atoms with Gasteiger partial charge >= 0.3 is 0 Å². The van der Waals surface area contributed by atoms with Crippen molar-refractivity contribution in [2.24, 2.45) is 0 Å². The van der Waals surface area contributed by atoms with Crippen LogP contribution in [0.25, 0.3) is 0 Å². The molecular weight excluding hydrogens is 358 g/mol. The molecule has 2 aromatic rings. The lowest BCUT2D eigenvalue weighted by Gasteiger charge is -2.06. The fourth-order valence-electron chi connectivity index (χ4n) is 2.19. The summed E-state index contributed by atoms with van der Waals surface area (Å²) in [5.74, 6) is 0.442. The van der Waals surface area contributed by atoms with Gasteiger partial charge in [0.05, 0.1) is 19.0 Å². The fraction of sp³-hybridized carbons (Fsp3) is 0.353. The van der Waals surface area contributed by atoms with Crippen molar-refractivity contribution >= 4 is 35.6 Å². The molecule has 3 N–H and O–H groups in total. The Balaban J connectivity index is 0.00000338. The quantitative estimate of drug-likeness (QED) is 0.576. The molecule has 8 nitrogen and oxygen atoms in total. The van der Waals surface area contributed by atoms with Gasteiger partial charge in [0.25, 0.3) is 0 Å². The molecule has 9 heteroatoms. The number of benzene rings is 1. The molecule has 0 aliphatic rings. The van der Waals surface area contributed by atoms with Crippen molar-refractivity contribution in [2.75, 3.05) is 31.3 Å². The Hall–Kier alpha value is -2.58. The molecule has 0 aliphatic heterocycles. The molecule has 0 fully saturated rings. The van der Waals surface area contributed by atoms with Gasteiger partial charge in [0.2, 0.25) is 11.8 Å². The Labute approximate surface area is 158 Å². The number of hydrogen-bond donors (Lipinski definition) is 3. The van der Waals surface area contributed by atoms with E-state index in [1.165, 1.54) is 10.9 Å². The van der Waals surface area contributed by atoms with Gasteiger partial charge in [-0.05, 0) is 44.3 Å². The highest BCUT2D eigenvalue weighted by Crippen LogP contribution is 2.15. The Morgan fingerprint density at radius 2 is 1.81 bits per heavy atom. The summed E-state index contributed by atoms with van der Waals surface area (Å²) >= 11 is 0. The monoisotopic (exact) mass is 381 g/mol. The summed E-state index contributed by atoms with van der Waals surface area (Å²) in [6, 6.07) is 7.06. The first-order valence-electron chi connectivity index (χ1n) is 8.01. The molecule has 142 valence electrons. The number of amides is 2. The lowest BCUT2D eigenvalue weighted by Crippen LogP contribution is -2.19. The number of nitrogens with one attached hydrogen (secondary N) is 3. The lowest BCUT2D eigenvalue weighted by molar-refractivity contribution is -0.117. The lowest BCUT2D eigenvalue weighted by atomic mass is 10.3. The van der Waals surface area contributed by atoms with Gasteiger partial charge in [-0.15, -0.1) is 12.4 Å². The van der Waals surface area contributed by atoms with E-state index in [1.807, 2.05) is 7.05 Å². The zero-order valence-electron chi connectivity index (χ0n) is 14.8. The zero-order valence-corrected chi connectivity index (χ0v) is 15.6. The van der Waals surface area contributed by atoms with E-state index >= 15 is 0 Å². The van der Waals surface area contributed by atoms with Gasteiger partial charge in [-0.1, -0.05) is 0 Å². The van der Waals surface area contributed by atoms with Crippen LogP contribution < -0.4 is 20.7 Å². The van der Waals surface area contributed by atoms with E-state index in [0.29, 0.717) is 17.8 Å². The van der Waals surface area contributed by atoms with E-state index in [0.717, 1.165) is 18.7 Å². The predicted octanol–water partition coefficient (Wildman–Crippen LogP) is 1.89. The molecule has 2 amide bonds. The van der Waals surface area contributed by atoms with Gasteiger partial charge in [-0.3, -0.25) is 14.3 Å². The normalized spacial score (nSPS) is 9.92. The number of methoxy groups -OCH3 is 1. The number of carbonyl (C=O) groups excluding carboxylic acids is 2. The summed E-state index contributed by atoms with van der Waals surface area (Å²) in [6.45, 7) is 0.847. The molecule has 1 aromatic carbocycles. The molecule has 0 aliphatic carbocycles. The second-order valence-electron chi connectivity index (χ2n) is 5.46. The summed E-state index contributed by atoms with van der Waals surface area (Å²) in [5.41, 5.74) is 1.25. The van der Waals surface area contributed by atoms with E-state index in [4.69, 9.17) is 4.74 Å². The molecule has 0 radical (unpaired) electrons. The SMILES string of the molecule is CNCCCC(=O)Nc1cnn(CC(=O)Nc2ccc(OC)cc2)c1.Cl. The van der Waals surface area contributed by atoms with Crippen LogP contribution in [0.2, 0.25) is 0 Å². The van der Waals surface area contributed by atoms with Gasteiger partial charge in [-0.25, -0.2) is 0 Å². The molecule has 2 rings (SSSR count). The molecule has 1 aromatic heterocycles. The third kappa shape index (κ3) is 7.12. The Bertz CT molecular complexity index is 703. The van der Waals surface area contributed by atoms with Gasteiger partial charge in [0.1, 0.15) is 12.3 Å². The van der Waals surface area contributed by atoms with Gasteiger partial charge in [0, 0.05) is 18.3 Å². The molecule has 1 heterocycles. The summed E-state index contributed by atoms with van der Waals surface area (Å²) in [4.78, 5) is 23.8. The van der Waals surface area contributed by atoms with Crippen LogP contribution in [0.3, 0.4) is 0 Å². The molecule has 0 saturated carbocycles. The van der Waals surface area contributed by atoms with Crippen LogP contribution in [0, 0.1) is 0 Å². The van der Waals surface area contributed by atoms with Gasteiger partial charge < -0.3 is 20.7 Å². The highest BCUT2D eigenvalue weighted by atomic mass is 35.5. The van der Waals surface area contributed by atoms with Crippen LogP contribution in [-0.4, -0.2) is 42.3 Å². The molecule has 0 spiro atoms. The number of rotatable bonds is 9. The van der Waals surface area contributed by atoms with Crippen molar-refractivity contribution in [1.82, 2.24) is 15.1 Å². The maximum Gasteiger partial charge on any atom is 0.246 e. The third-order valence-electron chi connectivity index (χ3n) is 3.43. The molecule has 0 saturated heterocycles. The molecule has 0 unspecified atom stereocenters. The maximum absolute atomic E-state index is 12.0. The standard InChI is InChI=1S/C17H23N5O3.ClH/c1-18-9-3-4-16(23)21-14-10-19-22(11-14)12-17(24)20-13-5-7-15(25-2)8-6-13;/h5-8,10-11,18H,3-4,9,12H2,1-2H3,(H,20,24)(H,21,23);1H. The number of aromatic nitrogens is 2. The topological polar surface area (TPSA) is 97.3 Å². The average molecular weight is 382 g/mol. The predicted molar refractivity (Wildman–Crippen MR) is 103 cm³/mol. The van der Waals surface area contributed by atoms with Gasteiger partial charge in [-0.2, -0.15) is 5.10 Å². The Kier molecular flexibility index (Phi) is 9.18. The van der Waals surface area contributed by atoms with Crippen LogP contribution in [0.1, 0.15) is 12.8 Å². The second-order valence-corrected chi connectivity index (χ2v) is 5.46. The smallest absolute Gasteiger partial charge is 0.246 e. The van der Waals surface area contributed by atoms with E-state index in [2.05, 4.69) is 21.0 Å². The minimum Gasteiger partial charge on any atom is -0.497 e. The van der Waals surface area contributed by atoms with Crippen molar-refractivity contribution in [1.29, 1.82) is 0 Å². The summed E-state index contributed by atoms with van der Waals surface area (Å²) in [5, 5.41) is 12.6. The number of ether oxygens (including phenoxy) is 1. The van der Waals surface area contributed by atoms with Crippen molar-refractivity contribution in [2.45, 2.75) is 19.4 Å². The Morgan fingerprint density at radius 3 is 2.46 bits per heavy atom. The minimum atomic E-state index is -0.208. The third-order valence-corrected chi connectivity index (χ3v) is 3.43. The number of anilines is 2. The van der Waals surface area contributed by atoms with Crippen LogP contribution in [0.5, 0.6) is 5.75 Å². The highest BCUT2D eigenvalue weighted by molar-refractivity contribution is 5.91. The highest BCUT2D eigenvalue weighted by Gasteiger charge is 2.08. The van der Waals surface area contributed by atoms with Crippen LogP contribution >= 0.6 is 12.4 Å². The first-order chi connectivity index (χ1) is 12.1. The van der Waals surface area contributed by atoms with Crippen LogP contribution in [0.4, 0.5) is 11.4 Å². The van der Waals surface area contributed by atoms with Crippen molar-refractivity contribution in [3.8, 4) is 5.75 Å². The van der Waals surface area contributed by atoms with E-state index in [9.17, 15) is 9.59 Å². The van der Waals surface area contributed by atoms with Crippen LogP contribution in [-0.2, 0) is 16.1 Å². The van der Waals surface area contributed by atoms with E-state index in [1.54, 1.807) is 37.6 Å². The maximum atomic E-state index is 12.0. The molecular formula is C17H24ClN5O3. The van der Waals surface area contributed by atoms with Crippen LogP contribution in [0.15, 0.2) is 36.7 Å². The minimum absolute atomic E-state index is 0.